The number of sulfonamides is 1. The van der Waals surface area contributed by atoms with Crippen LogP contribution in [0.3, 0.4) is 0 Å². The van der Waals surface area contributed by atoms with E-state index in [1.54, 1.807) is 0 Å². The van der Waals surface area contributed by atoms with Crippen LogP contribution >= 0.6 is 0 Å². The number of carbonyl (C=O) groups excluding carboxylic acids is 1. The molecule has 1 saturated carbocycles. The number of hydrogen-bond acceptors (Lipinski definition) is 5. The van der Waals surface area contributed by atoms with Gasteiger partial charge in [-0.1, -0.05) is 25.5 Å². The van der Waals surface area contributed by atoms with Gasteiger partial charge in [0.05, 0.1) is 11.9 Å². The molecule has 7 nitrogen and oxygen atoms in total. The normalized spacial score (nSPS) is 17.7. The number of hydrogen-bond donors (Lipinski definition) is 3. The third-order valence-corrected chi connectivity index (χ3v) is 7.87. The Balaban J connectivity index is 1.57. The number of aryl methyl sites for hydroxylation is 1. The topological polar surface area (TPSA) is 109 Å². The van der Waals surface area contributed by atoms with Gasteiger partial charge in [0.2, 0.25) is 5.09 Å². The number of carbonyl (C=O) groups is 1. The molecule has 3 N–H and O–H groups in total. The van der Waals surface area contributed by atoms with Crippen LogP contribution in [0.4, 0.5) is 10.5 Å². The van der Waals surface area contributed by atoms with Crippen LogP contribution in [0.25, 0.3) is 0 Å². The maximum Gasteiger partial charge on any atom is 0.333 e. The Morgan fingerprint density at radius 3 is 2.58 bits per heavy atom. The van der Waals surface area contributed by atoms with Crippen molar-refractivity contribution in [3.05, 3.63) is 46.7 Å². The molecule has 2 amide bonds. The van der Waals surface area contributed by atoms with E-state index in [0.717, 1.165) is 36.1 Å². The number of nitrogens with one attached hydrogen (secondary N) is 2. The van der Waals surface area contributed by atoms with Gasteiger partial charge >= 0.3 is 6.03 Å². The molecule has 0 unspecified atom stereocenters. The zero-order chi connectivity index (χ0) is 22.4. The predicted molar refractivity (Wildman–Crippen MR) is 118 cm³/mol. The molecule has 0 aliphatic heterocycles. The quantitative estimate of drug-likeness (QED) is 0.609. The largest absolute Gasteiger partial charge is 0.451 e. The number of rotatable bonds is 6. The van der Waals surface area contributed by atoms with Crippen molar-refractivity contribution in [2.75, 3.05) is 5.32 Å². The summed E-state index contributed by atoms with van der Waals surface area (Å²) in [5.41, 5.74) is 3.20. The van der Waals surface area contributed by atoms with E-state index in [-0.39, 0.29) is 0 Å². The van der Waals surface area contributed by atoms with E-state index in [2.05, 4.69) is 24.4 Å². The highest BCUT2D eigenvalue weighted by molar-refractivity contribution is 7.89. The fourth-order valence-electron chi connectivity index (χ4n) is 4.49. The Hall–Kier alpha value is -2.32. The van der Waals surface area contributed by atoms with Crippen LogP contribution in [0.2, 0.25) is 0 Å². The van der Waals surface area contributed by atoms with Crippen LogP contribution in [0.15, 0.2) is 34.0 Å². The van der Waals surface area contributed by atoms with Crippen LogP contribution in [0.5, 0.6) is 0 Å². The van der Waals surface area contributed by atoms with Crippen LogP contribution in [0.1, 0.15) is 74.6 Å². The molecule has 2 aliphatic rings. The third kappa shape index (κ3) is 4.36. The van der Waals surface area contributed by atoms with Crippen molar-refractivity contribution in [3.63, 3.8) is 0 Å². The molecule has 0 spiro atoms. The van der Waals surface area contributed by atoms with E-state index < -0.39 is 26.7 Å². The van der Waals surface area contributed by atoms with Crippen molar-refractivity contribution in [1.29, 1.82) is 0 Å². The summed E-state index contributed by atoms with van der Waals surface area (Å²) in [5, 5.41) is 12.5. The molecule has 8 heteroatoms. The molecule has 1 fully saturated rings. The molecule has 2 aliphatic carbocycles. The fourth-order valence-corrected chi connectivity index (χ4v) is 5.35. The Morgan fingerprint density at radius 1 is 1.23 bits per heavy atom. The lowest BCUT2D eigenvalue weighted by Gasteiger charge is -2.33. The summed E-state index contributed by atoms with van der Waals surface area (Å²) in [6, 6.07) is 4.64. The van der Waals surface area contributed by atoms with Gasteiger partial charge in [-0.05, 0) is 74.5 Å². The molecule has 4 rings (SSSR count). The van der Waals surface area contributed by atoms with Crippen molar-refractivity contribution in [2.45, 2.75) is 75.9 Å². The summed E-state index contributed by atoms with van der Waals surface area (Å²) in [5.74, 6) is 0.890. The predicted octanol–water partition coefficient (Wildman–Crippen LogP) is 4.41. The molecule has 2 aromatic rings. The first-order chi connectivity index (χ1) is 14.6. The first-order valence-corrected chi connectivity index (χ1v) is 12.3. The van der Waals surface area contributed by atoms with Gasteiger partial charge in [0, 0.05) is 17.3 Å². The number of aliphatic hydroxyl groups is 1. The van der Waals surface area contributed by atoms with E-state index in [1.165, 1.54) is 51.0 Å². The standard InChI is InChI=1S/C23H30N2O5S/c1-14(15-6-4-7-15)18-11-10-16-8-5-9-19(16)21(18)24-22(26)25-31(28,29)20-12-17(13-30-20)23(2,3)27/h10-15,27H,4-9H2,1-3H3,(H2,24,25,26)/t14-/m0/s1. The molecule has 168 valence electrons. The summed E-state index contributed by atoms with van der Waals surface area (Å²) < 4.78 is 32.4. The van der Waals surface area contributed by atoms with Gasteiger partial charge in [-0.3, -0.25) is 0 Å². The van der Waals surface area contributed by atoms with E-state index in [9.17, 15) is 18.3 Å². The lowest BCUT2D eigenvalue weighted by atomic mass is 9.73. The Kier molecular flexibility index (Phi) is 5.64. The molecular weight excluding hydrogens is 416 g/mol. The summed E-state index contributed by atoms with van der Waals surface area (Å²) in [7, 11) is -4.22. The highest BCUT2D eigenvalue weighted by Gasteiger charge is 2.31. The van der Waals surface area contributed by atoms with E-state index in [0.29, 0.717) is 17.4 Å². The summed E-state index contributed by atoms with van der Waals surface area (Å²) >= 11 is 0. The monoisotopic (exact) mass is 446 g/mol. The van der Waals surface area contributed by atoms with Crippen LogP contribution in [-0.4, -0.2) is 19.6 Å². The second-order valence-corrected chi connectivity index (χ2v) is 10.9. The van der Waals surface area contributed by atoms with Crippen molar-refractivity contribution in [2.24, 2.45) is 5.92 Å². The maximum absolute atomic E-state index is 12.7. The second kappa shape index (κ2) is 7.98. The number of fused-ring (bicyclic) bond motifs is 1. The lowest BCUT2D eigenvalue weighted by molar-refractivity contribution is 0.0779. The number of benzene rings is 1. The average molecular weight is 447 g/mol. The zero-order valence-electron chi connectivity index (χ0n) is 18.2. The summed E-state index contributed by atoms with van der Waals surface area (Å²) in [6.07, 6.45) is 7.63. The van der Waals surface area contributed by atoms with Crippen molar-refractivity contribution in [3.8, 4) is 0 Å². The van der Waals surface area contributed by atoms with E-state index >= 15 is 0 Å². The average Bonchev–Trinajstić information content (AvgIpc) is 3.29. The minimum atomic E-state index is -4.22. The molecule has 31 heavy (non-hydrogen) atoms. The summed E-state index contributed by atoms with van der Waals surface area (Å²) in [4.78, 5) is 12.7. The molecule has 1 heterocycles. The number of urea groups is 1. The van der Waals surface area contributed by atoms with Gasteiger partial charge in [-0.2, -0.15) is 8.42 Å². The third-order valence-electron chi connectivity index (χ3n) is 6.67. The van der Waals surface area contributed by atoms with E-state index in [1.807, 2.05) is 4.72 Å². The smallest absolute Gasteiger partial charge is 0.333 e. The molecule has 1 aromatic heterocycles. The number of anilines is 1. The minimum Gasteiger partial charge on any atom is -0.451 e. The molecule has 1 atom stereocenters. The highest BCUT2D eigenvalue weighted by Crippen LogP contribution is 2.44. The maximum atomic E-state index is 12.7. The van der Waals surface area contributed by atoms with Gasteiger partial charge in [0.15, 0.2) is 0 Å². The Bertz CT molecular complexity index is 1090. The number of furan rings is 1. The van der Waals surface area contributed by atoms with Crippen molar-refractivity contribution in [1.82, 2.24) is 4.72 Å². The molecular formula is C23H30N2O5S. The SMILES string of the molecule is C[C@H](c1ccc2c(c1NC(=O)NS(=O)(=O)c1cc(C(C)(C)O)co1)CCC2)C1CCC1. The van der Waals surface area contributed by atoms with Gasteiger partial charge in [0.25, 0.3) is 10.0 Å². The van der Waals surface area contributed by atoms with Crippen LogP contribution < -0.4 is 10.0 Å². The first kappa shape index (κ1) is 21.9. The minimum absolute atomic E-state index is 0.297. The van der Waals surface area contributed by atoms with Gasteiger partial charge < -0.3 is 14.8 Å². The van der Waals surface area contributed by atoms with Gasteiger partial charge in [0.1, 0.15) is 0 Å². The summed E-state index contributed by atoms with van der Waals surface area (Å²) in [6.45, 7) is 5.23. The zero-order valence-corrected chi connectivity index (χ0v) is 19.0. The first-order valence-electron chi connectivity index (χ1n) is 10.9. The number of amides is 2. The van der Waals surface area contributed by atoms with Crippen molar-refractivity contribution >= 4 is 21.7 Å². The van der Waals surface area contributed by atoms with Crippen molar-refractivity contribution < 1.29 is 22.7 Å². The van der Waals surface area contributed by atoms with Crippen LogP contribution in [-0.2, 0) is 28.5 Å². The highest BCUT2D eigenvalue weighted by atomic mass is 32.2. The van der Waals surface area contributed by atoms with E-state index in [4.69, 9.17) is 4.42 Å². The lowest BCUT2D eigenvalue weighted by Crippen LogP contribution is -2.35. The molecule has 1 aromatic carbocycles. The Morgan fingerprint density at radius 2 is 1.97 bits per heavy atom. The molecule has 0 bridgehead atoms. The van der Waals surface area contributed by atoms with Crippen LogP contribution in [0, 0.1) is 5.92 Å². The fraction of sp³-hybridized carbons (Fsp3) is 0.522. The molecule has 0 saturated heterocycles. The molecule has 0 radical (unpaired) electrons. The van der Waals surface area contributed by atoms with Gasteiger partial charge in [-0.25, -0.2) is 9.52 Å². The second-order valence-electron chi connectivity index (χ2n) is 9.27. The Labute approximate surface area is 183 Å². The van der Waals surface area contributed by atoms with Gasteiger partial charge in [-0.15, -0.1) is 0 Å².